The summed E-state index contributed by atoms with van der Waals surface area (Å²) in [4.78, 5) is 40.0. The summed E-state index contributed by atoms with van der Waals surface area (Å²) in [5.41, 5.74) is 8.43. The molecule has 0 spiro atoms. The number of hydrogen-bond acceptors (Lipinski definition) is 5. The molecule has 5 rings (SSSR count). The molecule has 2 N–H and O–H groups in total. The van der Waals surface area contributed by atoms with Crippen molar-refractivity contribution in [3.05, 3.63) is 86.6 Å². The summed E-state index contributed by atoms with van der Waals surface area (Å²) in [6.07, 6.45) is 2.54. The molecule has 7 nitrogen and oxygen atoms in total. The Morgan fingerprint density at radius 3 is 2.48 bits per heavy atom. The number of fused-ring (bicyclic) bond motifs is 4. The number of aromatic nitrogens is 2. The van der Waals surface area contributed by atoms with Crippen LogP contribution in [-0.2, 0) is 19.4 Å². The molecule has 0 aliphatic heterocycles. The minimum Gasteiger partial charge on any atom is -0.267 e. The number of nitrogens with one attached hydrogen (secondary N) is 2. The molecule has 2 aromatic carbocycles. The van der Waals surface area contributed by atoms with Gasteiger partial charge in [0, 0.05) is 16.8 Å². The number of thiophene rings is 1. The quantitative estimate of drug-likeness (QED) is 0.456. The molecule has 33 heavy (non-hydrogen) atoms. The summed E-state index contributed by atoms with van der Waals surface area (Å²) < 4.78 is 1.30. The summed E-state index contributed by atoms with van der Waals surface area (Å²) in [6, 6.07) is 17.0. The van der Waals surface area contributed by atoms with Crippen LogP contribution in [0, 0.1) is 0 Å². The van der Waals surface area contributed by atoms with Gasteiger partial charge in [0.25, 0.3) is 17.4 Å². The zero-order chi connectivity index (χ0) is 22.9. The molecular formula is C25H22N4O3S. The summed E-state index contributed by atoms with van der Waals surface area (Å²) in [5.74, 6) is -0.956. The highest BCUT2D eigenvalue weighted by atomic mass is 32.1. The SMILES string of the molecule is CCCn1nc(C(=O)NNC(=O)c2cc3c(s2)-c2ccccc2CC3)c2ccccc2c1=O. The van der Waals surface area contributed by atoms with Crippen molar-refractivity contribution in [2.45, 2.75) is 32.7 Å². The monoisotopic (exact) mass is 458 g/mol. The smallest absolute Gasteiger partial charge is 0.267 e. The van der Waals surface area contributed by atoms with Crippen molar-refractivity contribution in [3.63, 3.8) is 0 Å². The lowest BCUT2D eigenvalue weighted by atomic mass is 9.91. The average molecular weight is 459 g/mol. The Hall–Kier alpha value is -3.78. The molecule has 2 aromatic heterocycles. The number of benzene rings is 2. The van der Waals surface area contributed by atoms with Crippen LogP contribution >= 0.6 is 11.3 Å². The van der Waals surface area contributed by atoms with Crippen LogP contribution in [0.4, 0.5) is 0 Å². The molecule has 0 atom stereocenters. The Balaban J connectivity index is 1.38. The molecule has 0 fully saturated rings. The van der Waals surface area contributed by atoms with E-state index in [-0.39, 0.29) is 17.2 Å². The van der Waals surface area contributed by atoms with Crippen LogP contribution in [0.1, 0.15) is 44.6 Å². The van der Waals surface area contributed by atoms with Crippen molar-refractivity contribution >= 4 is 33.9 Å². The van der Waals surface area contributed by atoms with Crippen LogP contribution in [-0.4, -0.2) is 21.6 Å². The van der Waals surface area contributed by atoms with Gasteiger partial charge in [0.05, 0.1) is 10.3 Å². The average Bonchev–Trinajstić information content (AvgIpc) is 3.29. The van der Waals surface area contributed by atoms with E-state index in [1.54, 1.807) is 24.3 Å². The third kappa shape index (κ3) is 3.82. The molecule has 2 amide bonds. The van der Waals surface area contributed by atoms with Gasteiger partial charge in [0.2, 0.25) is 0 Å². The predicted octanol–water partition coefficient (Wildman–Crippen LogP) is 3.71. The first kappa shape index (κ1) is 21.1. The lowest BCUT2D eigenvalue weighted by molar-refractivity contribution is 0.0845. The standard InChI is InChI=1S/C25H22N4O3S/c1-2-13-29-25(32)19-10-6-5-9-18(19)21(28-29)24(31)27-26-23(30)20-14-16-12-11-15-7-3-4-8-17(15)22(16)33-20/h3-10,14H,2,11-13H2,1H3,(H,26,30)(H,27,31). The zero-order valence-electron chi connectivity index (χ0n) is 18.1. The minimum atomic E-state index is -0.573. The van der Waals surface area contributed by atoms with Crippen LogP contribution < -0.4 is 16.4 Å². The normalized spacial score (nSPS) is 12.2. The number of amides is 2. The maximum atomic E-state index is 12.9. The summed E-state index contributed by atoms with van der Waals surface area (Å²) in [5, 5.41) is 5.13. The van der Waals surface area contributed by atoms with Gasteiger partial charge in [-0.15, -0.1) is 11.3 Å². The first-order valence-electron chi connectivity index (χ1n) is 10.9. The van der Waals surface area contributed by atoms with Crippen LogP contribution in [0.2, 0.25) is 0 Å². The summed E-state index contributed by atoms with van der Waals surface area (Å²) in [7, 11) is 0. The number of carbonyl (C=O) groups excluding carboxylic acids is 2. The van der Waals surface area contributed by atoms with Crippen LogP contribution in [0.25, 0.3) is 21.2 Å². The summed E-state index contributed by atoms with van der Waals surface area (Å²) >= 11 is 1.42. The van der Waals surface area contributed by atoms with E-state index in [2.05, 4.69) is 28.1 Å². The number of carbonyl (C=O) groups is 2. The number of hydrogen-bond donors (Lipinski definition) is 2. The van der Waals surface area contributed by atoms with Crippen molar-refractivity contribution in [2.75, 3.05) is 0 Å². The van der Waals surface area contributed by atoms with Crippen molar-refractivity contribution in [3.8, 4) is 10.4 Å². The Labute approximate surface area is 194 Å². The van der Waals surface area contributed by atoms with Crippen molar-refractivity contribution < 1.29 is 9.59 Å². The zero-order valence-corrected chi connectivity index (χ0v) is 18.9. The number of nitrogens with zero attached hydrogens (tertiary/aromatic N) is 2. The van der Waals surface area contributed by atoms with Crippen molar-refractivity contribution in [2.24, 2.45) is 0 Å². The van der Waals surface area contributed by atoms with Gasteiger partial charge >= 0.3 is 0 Å². The van der Waals surface area contributed by atoms with Gasteiger partial charge in [-0.2, -0.15) is 5.10 Å². The highest BCUT2D eigenvalue weighted by Crippen LogP contribution is 2.39. The fourth-order valence-corrected chi connectivity index (χ4v) is 5.35. The van der Waals surface area contributed by atoms with E-state index in [1.807, 2.05) is 25.1 Å². The first-order valence-corrected chi connectivity index (χ1v) is 11.7. The maximum Gasteiger partial charge on any atom is 0.290 e. The molecule has 8 heteroatoms. The molecule has 4 aromatic rings. The van der Waals surface area contributed by atoms with E-state index in [0.29, 0.717) is 28.6 Å². The van der Waals surface area contributed by atoms with E-state index in [0.717, 1.165) is 23.3 Å². The number of aryl methyl sites for hydroxylation is 3. The predicted molar refractivity (Wildman–Crippen MR) is 128 cm³/mol. The van der Waals surface area contributed by atoms with E-state index in [1.165, 1.54) is 27.1 Å². The van der Waals surface area contributed by atoms with E-state index < -0.39 is 5.91 Å². The maximum absolute atomic E-state index is 12.9. The lowest BCUT2D eigenvalue weighted by Crippen LogP contribution is -2.42. The molecule has 0 unspecified atom stereocenters. The van der Waals surface area contributed by atoms with Gasteiger partial charge in [-0.1, -0.05) is 49.4 Å². The highest BCUT2D eigenvalue weighted by Gasteiger charge is 2.22. The molecule has 1 aliphatic carbocycles. The molecule has 166 valence electrons. The van der Waals surface area contributed by atoms with Crippen LogP contribution in [0.3, 0.4) is 0 Å². The van der Waals surface area contributed by atoms with Gasteiger partial charge in [0.15, 0.2) is 5.69 Å². The fourth-order valence-electron chi connectivity index (χ4n) is 4.18. The van der Waals surface area contributed by atoms with Gasteiger partial charge < -0.3 is 0 Å². The molecule has 0 saturated heterocycles. The minimum absolute atomic E-state index is 0.0957. The molecule has 0 radical (unpaired) electrons. The molecule has 0 bridgehead atoms. The van der Waals surface area contributed by atoms with Crippen molar-refractivity contribution in [1.82, 2.24) is 20.6 Å². The lowest BCUT2D eigenvalue weighted by Gasteiger charge is -2.15. The molecule has 2 heterocycles. The van der Waals surface area contributed by atoms with Gasteiger partial charge in [-0.25, -0.2) is 4.68 Å². The second kappa shape index (κ2) is 8.63. The summed E-state index contributed by atoms with van der Waals surface area (Å²) in [6.45, 7) is 2.33. The molecule has 1 aliphatic rings. The van der Waals surface area contributed by atoms with Crippen molar-refractivity contribution in [1.29, 1.82) is 0 Å². The largest absolute Gasteiger partial charge is 0.290 e. The van der Waals surface area contributed by atoms with E-state index in [4.69, 9.17) is 0 Å². The van der Waals surface area contributed by atoms with Gasteiger partial charge in [-0.05, 0) is 48.1 Å². The van der Waals surface area contributed by atoms with Gasteiger partial charge in [0.1, 0.15) is 0 Å². The molecular weight excluding hydrogens is 436 g/mol. The topological polar surface area (TPSA) is 93.1 Å². The Kier molecular flexibility index (Phi) is 5.51. The Morgan fingerprint density at radius 1 is 0.970 bits per heavy atom. The van der Waals surface area contributed by atoms with Crippen LogP contribution in [0.5, 0.6) is 0 Å². The number of rotatable bonds is 4. The Morgan fingerprint density at radius 2 is 1.67 bits per heavy atom. The third-order valence-corrected chi connectivity index (χ3v) is 6.98. The second-order valence-corrected chi connectivity index (χ2v) is 9.01. The Bertz CT molecular complexity index is 1450. The fraction of sp³-hybridized carbons (Fsp3) is 0.200. The highest BCUT2D eigenvalue weighted by molar-refractivity contribution is 7.17. The van der Waals surface area contributed by atoms with Crippen LogP contribution in [0.15, 0.2) is 59.4 Å². The first-order chi connectivity index (χ1) is 16.1. The third-order valence-electron chi connectivity index (χ3n) is 5.77. The molecule has 0 saturated carbocycles. The van der Waals surface area contributed by atoms with E-state index in [9.17, 15) is 14.4 Å². The second-order valence-electron chi connectivity index (χ2n) is 7.95. The van der Waals surface area contributed by atoms with E-state index >= 15 is 0 Å². The van der Waals surface area contributed by atoms with Gasteiger partial charge in [-0.3, -0.25) is 25.2 Å². The number of hydrazine groups is 1.